The van der Waals surface area contributed by atoms with Gasteiger partial charge in [-0.15, -0.1) is 0 Å². The molecule has 0 aliphatic carbocycles. The Kier molecular flexibility index (Phi) is 4.71. The van der Waals surface area contributed by atoms with Crippen LogP contribution in [0.15, 0.2) is 57.5 Å². The highest BCUT2D eigenvalue weighted by atomic mass is 16.5. The summed E-state index contributed by atoms with van der Waals surface area (Å²) in [5.74, 6) is 0.324. The van der Waals surface area contributed by atoms with Crippen molar-refractivity contribution < 1.29 is 19.4 Å². The quantitative estimate of drug-likeness (QED) is 0.681. The molecule has 0 bridgehead atoms. The molecule has 5 heteroatoms. The number of phenols is 2. The van der Waals surface area contributed by atoms with Crippen molar-refractivity contribution in [2.45, 2.75) is 20.3 Å². The summed E-state index contributed by atoms with van der Waals surface area (Å²) in [7, 11) is 1.57. The largest absolute Gasteiger partial charge is 0.507 e. The van der Waals surface area contributed by atoms with Gasteiger partial charge < -0.3 is 19.4 Å². The standard InChI is InChI=1S/C21H20O5/c1-12(2)4-9-15-17(22)10-18-19(20(15)23)21(24)16(11-26-18)13-5-7-14(25-3)8-6-13/h4-8,10-11,22-23H,9H2,1-3H3. The second-order valence-electron chi connectivity index (χ2n) is 6.29. The van der Waals surface area contributed by atoms with Crippen molar-refractivity contribution >= 4 is 11.0 Å². The van der Waals surface area contributed by atoms with E-state index in [2.05, 4.69) is 0 Å². The van der Waals surface area contributed by atoms with Crippen molar-refractivity contribution in [2.24, 2.45) is 0 Å². The molecule has 0 radical (unpaired) electrons. The zero-order chi connectivity index (χ0) is 18.8. The molecule has 0 atom stereocenters. The van der Waals surface area contributed by atoms with Crippen LogP contribution in [0.2, 0.25) is 0 Å². The molecule has 26 heavy (non-hydrogen) atoms. The van der Waals surface area contributed by atoms with Gasteiger partial charge in [0.15, 0.2) is 0 Å². The molecule has 0 aliphatic heterocycles. The molecule has 1 aromatic heterocycles. The Labute approximate surface area is 150 Å². The number of phenolic OH excluding ortho intramolecular Hbond substituents is 2. The minimum Gasteiger partial charge on any atom is -0.507 e. The summed E-state index contributed by atoms with van der Waals surface area (Å²) in [5.41, 5.74) is 2.12. The average molecular weight is 352 g/mol. The Balaban J connectivity index is 2.21. The third-order valence-corrected chi connectivity index (χ3v) is 4.24. The lowest BCUT2D eigenvalue weighted by atomic mass is 10.0. The molecule has 134 valence electrons. The summed E-state index contributed by atoms with van der Waals surface area (Å²) >= 11 is 0. The molecule has 0 aliphatic rings. The van der Waals surface area contributed by atoms with E-state index in [0.29, 0.717) is 28.9 Å². The van der Waals surface area contributed by atoms with E-state index in [1.807, 2.05) is 19.9 Å². The SMILES string of the molecule is COc1ccc(-c2coc3cc(O)c(CC=C(C)C)c(O)c3c2=O)cc1. The number of aromatic hydroxyl groups is 2. The number of methoxy groups -OCH3 is 1. The van der Waals surface area contributed by atoms with E-state index in [0.717, 1.165) is 5.57 Å². The maximum atomic E-state index is 13.0. The number of fused-ring (bicyclic) bond motifs is 1. The lowest BCUT2D eigenvalue weighted by Gasteiger charge is -2.10. The first-order valence-corrected chi connectivity index (χ1v) is 8.19. The van der Waals surface area contributed by atoms with Crippen molar-refractivity contribution in [3.05, 3.63) is 64.0 Å². The summed E-state index contributed by atoms with van der Waals surface area (Å²) in [5, 5.41) is 20.8. The fourth-order valence-corrected chi connectivity index (χ4v) is 2.77. The van der Waals surface area contributed by atoms with Crippen LogP contribution in [-0.2, 0) is 6.42 Å². The van der Waals surface area contributed by atoms with Crippen molar-refractivity contribution in [2.75, 3.05) is 7.11 Å². The fourth-order valence-electron chi connectivity index (χ4n) is 2.77. The number of hydrogen-bond acceptors (Lipinski definition) is 5. The van der Waals surface area contributed by atoms with Crippen molar-refractivity contribution in [3.63, 3.8) is 0 Å². The highest BCUT2D eigenvalue weighted by Crippen LogP contribution is 2.35. The molecule has 2 aromatic carbocycles. The Bertz CT molecular complexity index is 1040. The van der Waals surface area contributed by atoms with Crippen LogP contribution >= 0.6 is 0 Å². The van der Waals surface area contributed by atoms with Gasteiger partial charge in [0.1, 0.15) is 34.5 Å². The third-order valence-electron chi connectivity index (χ3n) is 4.24. The van der Waals surface area contributed by atoms with Gasteiger partial charge in [-0.1, -0.05) is 23.8 Å². The van der Waals surface area contributed by atoms with Crippen LogP contribution in [0.3, 0.4) is 0 Å². The topological polar surface area (TPSA) is 79.9 Å². The summed E-state index contributed by atoms with van der Waals surface area (Å²) in [6.45, 7) is 3.84. The number of allylic oxidation sites excluding steroid dienone is 2. The number of rotatable bonds is 4. The van der Waals surface area contributed by atoms with Gasteiger partial charge in [0, 0.05) is 11.6 Å². The van der Waals surface area contributed by atoms with Crippen LogP contribution in [-0.4, -0.2) is 17.3 Å². The lowest BCUT2D eigenvalue weighted by molar-refractivity contribution is 0.415. The normalized spacial score (nSPS) is 10.7. The molecule has 0 unspecified atom stereocenters. The molecule has 0 spiro atoms. The maximum Gasteiger partial charge on any atom is 0.204 e. The molecule has 3 aromatic rings. The molecule has 0 amide bonds. The zero-order valence-electron chi connectivity index (χ0n) is 14.9. The summed E-state index contributed by atoms with van der Waals surface area (Å²) in [6.07, 6.45) is 3.53. The van der Waals surface area contributed by atoms with Crippen LogP contribution in [0.4, 0.5) is 0 Å². The van der Waals surface area contributed by atoms with Gasteiger partial charge in [-0.05, 0) is 38.0 Å². The molecule has 5 nitrogen and oxygen atoms in total. The zero-order valence-corrected chi connectivity index (χ0v) is 14.9. The van der Waals surface area contributed by atoms with E-state index in [1.165, 1.54) is 12.3 Å². The number of ether oxygens (including phenoxy) is 1. The maximum absolute atomic E-state index is 13.0. The van der Waals surface area contributed by atoms with Crippen LogP contribution in [0.5, 0.6) is 17.2 Å². The van der Waals surface area contributed by atoms with Gasteiger partial charge in [-0.25, -0.2) is 0 Å². The second kappa shape index (κ2) is 6.96. The van der Waals surface area contributed by atoms with Gasteiger partial charge in [-0.2, -0.15) is 0 Å². The van der Waals surface area contributed by atoms with E-state index < -0.39 is 0 Å². The Morgan fingerprint density at radius 3 is 2.50 bits per heavy atom. The highest BCUT2D eigenvalue weighted by Gasteiger charge is 2.18. The van der Waals surface area contributed by atoms with Gasteiger partial charge in [0.25, 0.3) is 0 Å². The monoisotopic (exact) mass is 352 g/mol. The number of benzene rings is 2. The van der Waals surface area contributed by atoms with Crippen LogP contribution in [0.25, 0.3) is 22.1 Å². The molecule has 0 saturated heterocycles. The van der Waals surface area contributed by atoms with E-state index in [1.54, 1.807) is 31.4 Å². The van der Waals surface area contributed by atoms with Crippen LogP contribution < -0.4 is 10.2 Å². The van der Waals surface area contributed by atoms with Crippen LogP contribution in [0.1, 0.15) is 19.4 Å². The summed E-state index contributed by atoms with van der Waals surface area (Å²) < 4.78 is 10.6. The number of hydrogen-bond donors (Lipinski definition) is 2. The first-order chi connectivity index (χ1) is 12.4. The van der Waals surface area contributed by atoms with E-state index in [9.17, 15) is 15.0 Å². The molecule has 0 fully saturated rings. The fraction of sp³-hybridized carbons (Fsp3) is 0.190. The minimum atomic E-state index is -0.354. The van der Waals surface area contributed by atoms with Gasteiger partial charge >= 0.3 is 0 Å². The van der Waals surface area contributed by atoms with Gasteiger partial charge in [0.2, 0.25) is 5.43 Å². The Morgan fingerprint density at radius 1 is 1.19 bits per heavy atom. The van der Waals surface area contributed by atoms with Gasteiger partial charge in [-0.3, -0.25) is 4.79 Å². The van der Waals surface area contributed by atoms with E-state index in [4.69, 9.17) is 9.15 Å². The predicted octanol–water partition coefficient (Wildman–Crippen LogP) is 4.39. The molecular weight excluding hydrogens is 332 g/mol. The minimum absolute atomic E-state index is 0.0632. The summed E-state index contributed by atoms with van der Waals surface area (Å²) in [6, 6.07) is 8.35. The molecule has 0 saturated carbocycles. The van der Waals surface area contributed by atoms with E-state index >= 15 is 0 Å². The molecule has 2 N–H and O–H groups in total. The van der Waals surface area contributed by atoms with Gasteiger partial charge in [0.05, 0.1) is 12.7 Å². The van der Waals surface area contributed by atoms with Crippen molar-refractivity contribution in [1.82, 2.24) is 0 Å². The molecule has 1 heterocycles. The lowest BCUT2D eigenvalue weighted by Crippen LogP contribution is -2.06. The first-order valence-electron chi connectivity index (χ1n) is 8.19. The first kappa shape index (κ1) is 17.6. The smallest absolute Gasteiger partial charge is 0.204 e. The predicted molar refractivity (Wildman–Crippen MR) is 101 cm³/mol. The highest BCUT2D eigenvalue weighted by molar-refractivity contribution is 5.89. The molecular formula is C21H20O5. The third kappa shape index (κ3) is 3.16. The summed E-state index contributed by atoms with van der Waals surface area (Å²) in [4.78, 5) is 13.0. The van der Waals surface area contributed by atoms with E-state index in [-0.39, 0.29) is 27.9 Å². The Morgan fingerprint density at radius 2 is 1.88 bits per heavy atom. The average Bonchev–Trinajstić information content (AvgIpc) is 2.61. The second-order valence-corrected chi connectivity index (χ2v) is 6.29. The molecule has 3 rings (SSSR count). The Hall–Kier alpha value is -3.21. The van der Waals surface area contributed by atoms with Crippen LogP contribution in [0, 0.1) is 0 Å². The van der Waals surface area contributed by atoms with Crippen molar-refractivity contribution in [3.8, 4) is 28.4 Å². The van der Waals surface area contributed by atoms with Crippen molar-refractivity contribution in [1.29, 1.82) is 0 Å².